The average molecular weight is 254 g/mol. The van der Waals surface area contributed by atoms with Crippen LogP contribution >= 0.6 is 11.6 Å². The topological polar surface area (TPSA) is 37.4 Å². The maximum absolute atomic E-state index is 10.9. The maximum Gasteiger partial charge on any atom is 0.147 e. The summed E-state index contributed by atoms with van der Waals surface area (Å²) in [6.45, 7) is 1.91. The van der Waals surface area contributed by atoms with Crippen molar-refractivity contribution < 1.29 is 8.42 Å². The van der Waals surface area contributed by atoms with E-state index in [0.29, 0.717) is 11.1 Å². The summed E-state index contributed by atoms with van der Waals surface area (Å²) >= 11 is 5.89. The summed E-state index contributed by atoms with van der Waals surface area (Å²) < 4.78 is 21.8. The van der Waals surface area contributed by atoms with Crippen LogP contribution < -0.4 is 0 Å². The second-order valence-corrected chi connectivity index (χ2v) is 7.56. The summed E-state index contributed by atoms with van der Waals surface area (Å²) in [5.74, 6) is 1.01. The van der Waals surface area contributed by atoms with Gasteiger partial charge in [0.1, 0.15) is 9.84 Å². The molecule has 1 fully saturated rings. The number of rotatable bonds is 6. The highest BCUT2D eigenvalue weighted by atomic mass is 35.5. The zero-order valence-electron chi connectivity index (χ0n) is 9.45. The monoisotopic (exact) mass is 253 g/mol. The highest BCUT2D eigenvalue weighted by molar-refractivity contribution is 7.90. The summed E-state index contributed by atoms with van der Waals surface area (Å²) in [5.41, 5.74) is 0. The van der Waals surface area contributed by atoms with Gasteiger partial charge in [-0.1, -0.05) is 0 Å². The summed E-state index contributed by atoms with van der Waals surface area (Å²) in [4.78, 5) is 2.21. The number of alkyl halides is 1. The van der Waals surface area contributed by atoms with Crippen LogP contribution in [0.25, 0.3) is 0 Å². The Morgan fingerprint density at radius 2 is 2.00 bits per heavy atom. The summed E-state index contributed by atoms with van der Waals surface area (Å²) in [7, 11) is -0.751. The molecule has 1 saturated carbocycles. The SMILES string of the molecule is CN(CCCS(C)(=O)=O)CC1CC(Cl)C1. The maximum atomic E-state index is 10.9. The third kappa shape index (κ3) is 5.73. The lowest BCUT2D eigenvalue weighted by molar-refractivity contribution is 0.210. The zero-order chi connectivity index (χ0) is 11.5. The molecule has 0 aliphatic heterocycles. The van der Waals surface area contributed by atoms with Crippen LogP contribution in [-0.4, -0.2) is 50.8 Å². The van der Waals surface area contributed by atoms with Crippen LogP contribution in [0, 0.1) is 5.92 Å². The van der Waals surface area contributed by atoms with Gasteiger partial charge in [0.2, 0.25) is 0 Å². The Morgan fingerprint density at radius 3 is 2.47 bits per heavy atom. The highest BCUT2D eigenvalue weighted by Crippen LogP contribution is 2.32. The van der Waals surface area contributed by atoms with Crippen LogP contribution in [0.15, 0.2) is 0 Å². The minimum atomic E-state index is -2.80. The Bertz CT molecular complexity index is 286. The molecule has 1 aliphatic rings. The van der Waals surface area contributed by atoms with Gasteiger partial charge in [-0.15, -0.1) is 11.6 Å². The lowest BCUT2D eigenvalue weighted by atomic mass is 9.84. The Labute approximate surface area is 97.7 Å². The molecule has 15 heavy (non-hydrogen) atoms. The molecule has 0 aromatic rings. The van der Waals surface area contributed by atoms with Crippen LogP contribution in [0.2, 0.25) is 0 Å². The van der Waals surface area contributed by atoms with Gasteiger partial charge in [0.15, 0.2) is 0 Å². The molecule has 0 amide bonds. The van der Waals surface area contributed by atoms with Crippen molar-refractivity contribution in [3.8, 4) is 0 Å². The molecular weight excluding hydrogens is 234 g/mol. The predicted octanol–water partition coefficient (Wildman–Crippen LogP) is 1.37. The van der Waals surface area contributed by atoms with Crippen molar-refractivity contribution in [2.75, 3.05) is 32.1 Å². The second-order valence-electron chi connectivity index (χ2n) is 4.68. The lowest BCUT2D eigenvalue weighted by Gasteiger charge is -2.34. The molecule has 0 N–H and O–H groups in total. The van der Waals surface area contributed by atoms with Crippen LogP contribution in [0.4, 0.5) is 0 Å². The van der Waals surface area contributed by atoms with Gasteiger partial charge < -0.3 is 4.90 Å². The van der Waals surface area contributed by atoms with E-state index >= 15 is 0 Å². The standard InChI is InChI=1S/C10H20ClNO2S/c1-12(4-3-5-15(2,13)14)8-9-6-10(11)7-9/h9-10H,3-8H2,1-2H3. The smallest absolute Gasteiger partial charge is 0.147 e. The van der Waals surface area contributed by atoms with Crippen molar-refractivity contribution in [3.63, 3.8) is 0 Å². The molecule has 3 nitrogen and oxygen atoms in total. The molecule has 0 aromatic heterocycles. The van der Waals surface area contributed by atoms with Gasteiger partial charge in [-0.25, -0.2) is 8.42 Å². The van der Waals surface area contributed by atoms with E-state index in [1.54, 1.807) is 0 Å². The van der Waals surface area contributed by atoms with Crippen molar-refractivity contribution >= 4 is 21.4 Å². The fraction of sp³-hybridized carbons (Fsp3) is 1.00. The van der Waals surface area contributed by atoms with Gasteiger partial charge >= 0.3 is 0 Å². The van der Waals surface area contributed by atoms with E-state index < -0.39 is 9.84 Å². The molecule has 0 unspecified atom stereocenters. The molecule has 0 atom stereocenters. The Hall–Kier alpha value is 0.200. The van der Waals surface area contributed by atoms with Gasteiger partial charge in [0.05, 0.1) is 5.75 Å². The number of halogens is 1. The van der Waals surface area contributed by atoms with Crippen molar-refractivity contribution in [2.45, 2.75) is 24.6 Å². The zero-order valence-corrected chi connectivity index (χ0v) is 11.0. The molecule has 0 aromatic carbocycles. The molecule has 5 heteroatoms. The number of sulfone groups is 1. The molecular formula is C10H20ClNO2S. The van der Waals surface area contributed by atoms with Crippen molar-refractivity contribution in [2.24, 2.45) is 5.92 Å². The molecule has 0 spiro atoms. The van der Waals surface area contributed by atoms with Crippen LogP contribution in [0.5, 0.6) is 0 Å². The fourth-order valence-electron chi connectivity index (χ4n) is 1.93. The van der Waals surface area contributed by atoms with E-state index in [2.05, 4.69) is 4.90 Å². The number of nitrogens with zero attached hydrogens (tertiary/aromatic N) is 1. The van der Waals surface area contributed by atoms with Gasteiger partial charge in [-0.2, -0.15) is 0 Å². The average Bonchev–Trinajstić information content (AvgIpc) is 1.98. The minimum Gasteiger partial charge on any atom is -0.306 e. The quantitative estimate of drug-likeness (QED) is 0.671. The van der Waals surface area contributed by atoms with E-state index in [-0.39, 0.29) is 0 Å². The largest absolute Gasteiger partial charge is 0.306 e. The third-order valence-electron chi connectivity index (χ3n) is 2.80. The minimum absolute atomic E-state index is 0.292. The van der Waals surface area contributed by atoms with Crippen molar-refractivity contribution in [3.05, 3.63) is 0 Å². The van der Waals surface area contributed by atoms with E-state index in [1.807, 2.05) is 7.05 Å². The first-order valence-corrected chi connectivity index (χ1v) is 7.87. The Morgan fingerprint density at radius 1 is 1.40 bits per heavy atom. The Kier molecular flexibility index (Phi) is 4.87. The first kappa shape index (κ1) is 13.3. The van der Waals surface area contributed by atoms with Crippen molar-refractivity contribution in [1.29, 1.82) is 0 Å². The van der Waals surface area contributed by atoms with Crippen LogP contribution in [-0.2, 0) is 9.84 Å². The second kappa shape index (κ2) is 5.51. The van der Waals surface area contributed by atoms with E-state index in [9.17, 15) is 8.42 Å². The summed E-state index contributed by atoms with van der Waals surface area (Å²) in [6, 6.07) is 0. The normalized spacial score (nSPS) is 26.7. The van der Waals surface area contributed by atoms with Gasteiger partial charge in [-0.3, -0.25) is 0 Å². The molecule has 0 bridgehead atoms. The first-order valence-electron chi connectivity index (χ1n) is 5.37. The molecule has 1 aliphatic carbocycles. The van der Waals surface area contributed by atoms with Gasteiger partial charge in [0, 0.05) is 18.2 Å². The van der Waals surface area contributed by atoms with Gasteiger partial charge in [-0.05, 0) is 38.8 Å². The van der Waals surface area contributed by atoms with E-state index in [1.165, 1.54) is 6.26 Å². The first-order chi connectivity index (χ1) is 6.87. The van der Waals surface area contributed by atoms with Gasteiger partial charge in [0.25, 0.3) is 0 Å². The summed E-state index contributed by atoms with van der Waals surface area (Å²) in [6.07, 6.45) is 4.24. The molecule has 0 saturated heterocycles. The molecule has 0 radical (unpaired) electrons. The highest BCUT2D eigenvalue weighted by Gasteiger charge is 2.27. The van der Waals surface area contributed by atoms with Crippen LogP contribution in [0.1, 0.15) is 19.3 Å². The van der Waals surface area contributed by atoms with E-state index in [0.717, 1.165) is 38.3 Å². The van der Waals surface area contributed by atoms with Crippen LogP contribution in [0.3, 0.4) is 0 Å². The number of hydrogen-bond acceptors (Lipinski definition) is 3. The third-order valence-corrected chi connectivity index (χ3v) is 4.19. The summed E-state index contributed by atoms with van der Waals surface area (Å²) in [5, 5.41) is 0.374. The molecule has 1 rings (SSSR count). The van der Waals surface area contributed by atoms with E-state index in [4.69, 9.17) is 11.6 Å². The predicted molar refractivity (Wildman–Crippen MR) is 64.2 cm³/mol. The van der Waals surface area contributed by atoms with Crippen molar-refractivity contribution in [1.82, 2.24) is 4.90 Å². The molecule has 90 valence electrons. The number of hydrogen-bond donors (Lipinski definition) is 0. The molecule has 0 heterocycles. The Balaban J connectivity index is 2.06. The lowest BCUT2D eigenvalue weighted by Crippen LogP contribution is -2.35. The fourth-order valence-corrected chi connectivity index (χ4v) is 3.09.